The Morgan fingerprint density at radius 2 is 1.95 bits per heavy atom. The van der Waals surface area contributed by atoms with Crippen molar-refractivity contribution < 1.29 is 13.2 Å². The quantitative estimate of drug-likeness (QED) is 0.748. The van der Waals surface area contributed by atoms with Crippen molar-refractivity contribution >= 4 is 0 Å². The number of hydrogen-bond acceptors (Lipinski definition) is 2. The van der Waals surface area contributed by atoms with Gasteiger partial charge in [0.1, 0.15) is 5.82 Å². The summed E-state index contributed by atoms with van der Waals surface area (Å²) in [5.74, 6) is -0.252. The van der Waals surface area contributed by atoms with Crippen LogP contribution in [0.3, 0.4) is 0 Å². The van der Waals surface area contributed by atoms with Gasteiger partial charge in [-0.15, -0.1) is 0 Å². The average molecular weight is 288 g/mol. The minimum atomic E-state index is -2.34. The van der Waals surface area contributed by atoms with Gasteiger partial charge in [-0.25, -0.2) is 13.2 Å². The molecule has 0 heterocycles. The maximum absolute atomic E-state index is 13.8. The number of rotatable bonds is 9. The Labute approximate surface area is 119 Å². The van der Waals surface area contributed by atoms with Crippen LogP contribution in [0.25, 0.3) is 0 Å². The molecule has 1 rings (SSSR count). The fourth-order valence-corrected chi connectivity index (χ4v) is 2.12. The van der Waals surface area contributed by atoms with Gasteiger partial charge in [-0.3, -0.25) is 0 Å². The lowest BCUT2D eigenvalue weighted by Crippen LogP contribution is -2.30. The summed E-state index contributed by atoms with van der Waals surface area (Å²) in [5.41, 5.74) is 0.603. The van der Waals surface area contributed by atoms with Crippen LogP contribution in [0.5, 0.6) is 0 Å². The third-order valence-electron chi connectivity index (χ3n) is 3.17. The van der Waals surface area contributed by atoms with Crippen molar-refractivity contribution in [3.63, 3.8) is 0 Å². The van der Waals surface area contributed by atoms with Gasteiger partial charge in [0.15, 0.2) is 0 Å². The van der Waals surface area contributed by atoms with Crippen molar-refractivity contribution in [2.24, 2.45) is 0 Å². The van der Waals surface area contributed by atoms with E-state index in [4.69, 9.17) is 0 Å². The molecule has 0 saturated carbocycles. The first-order valence-electron chi connectivity index (χ1n) is 6.99. The molecule has 0 aliphatic carbocycles. The van der Waals surface area contributed by atoms with Crippen LogP contribution in [0.1, 0.15) is 31.4 Å². The van der Waals surface area contributed by atoms with Crippen LogP contribution < -0.4 is 5.32 Å². The lowest BCUT2D eigenvalue weighted by molar-refractivity contribution is 0.0984. The van der Waals surface area contributed by atoms with Gasteiger partial charge in [0.25, 0.3) is 6.43 Å². The molecule has 1 N–H and O–H groups in total. The number of benzene rings is 1. The van der Waals surface area contributed by atoms with E-state index < -0.39 is 6.43 Å². The summed E-state index contributed by atoms with van der Waals surface area (Å²) in [6.07, 6.45) is -0.794. The maximum Gasteiger partial charge on any atom is 0.251 e. The molecule has 1 unspecified atom stereocenters. The molecule has 20 heavy (non-hydrogen) atoms. The molecule has 1 aromatic carbocycles. The smallest absolute Gasteiger partial charge is 0.251 e. The van der Waals surface area contributed by atoms with E-state index in [1.54, 1.807) is 30.1 Å². The predicted molar refractivity (Wildman–Crippen MR) is 75.6 cm³/mol. The van der Waals surface area contributed by atoms with Crippen molar-refractivity contribution in [2.75, 3.05) is 26.7 Å². The summed E-state index contributed by atoms with van der Waals surface area (Å²) in [7, 11) is 1.66. The van der Waals surface area contributed by atoms with Gasteiger partial charge in [0.05, 0.1) is 6.54 Å². The Balaban J connectivity index is 2.63. The molecule has 0 amide bonds. The summed E-state index contributed by atoms with van der Waals surface area (Å²) in [4.78, 5) is 1.58. The molecule has 2 nitrogen and oxygen atoms in total. The zero-order valence-electron chi connectivity index (χ0n) is 12.1. The van der Waals surface area contributed by atoms with Crippen LogP contribution in [-0.2, 0) is 0 Å². The minimum absolute atomic E-state index is 0.142. The van der Waals surface area contributed by atoms with E-state index >= 15 is 0 Å². The first kappa shape index (κ1) is 17.0. The Morgan fingerprint density at radius 3 is 2.55 bits per heavy atom. The highest BCUT2D eigenvalue weighted by Gasteiger charge is 2.16. The molecule has 1 aromatic rings. The lowest BCUT2D eigenvalue weighted by Gasteiger charge is -2.23. The van der Waals surface area contributed by atoms with Gasteiger partial charge in [0, 0.05) is 11.6 Å². The highest BCUT2D eigenvalue weighted by atomic mass is 19.3. The molecule has 0 fully saturated rings. The fraction of sp³-hybridized carbons (Fsp3) is 0.600. The second-order valence-corrected chi connectivity index (χ2v) is 4.97. The van der Waals surface area contributed by atoms with E-state index in [-0.39, 0.29) is 18.4 Å². The van der Waals surface area contributed by atoms with E-state index in [0.717, 1.165) is 13.0 Å². The van der Waals surface area contributed by atoms with E-state index in [0.29, 0.717) is 18.5 Å². The van der Waals surface area contributed by atoms with Crippen molar-refractivity contribution in [2.45, 2.75) is 32.2 Å². The molecule has 114 valence electrons. The van der Waals surface area contributed by atoms with E-state index in [9.17, 15) is 13.2 Å². The Morgan fingerprint density at radius 1 is 1.25 bits per heavy atom. The van der Waals surface area contributed by atoms with Crippen molar-refractivity contribution in [3.05, 3.63) is 35.6 Å². The normalized spacial score (nSPS) is 13.2. The zero-order valence-corrected chi connectivity index (χ0v) is 12.1. The van der Waals surface area contributed by atoms with Crippen LogP contribution in [-0.4, -0.2) is 38.0 Å². The largest absolute Gasteiger partial charge is 0.310 e. The molecule has 1 atom stereocenters. The van der Waals surface area contributed by atoms with Crippen molar-refractivity contribution in [3.8, 4) is 0 Å². The summed E-state index contributed by atoms with van der Waals surface area (Å²) < 4.78 is 38.4. The van der Waals surface area contributed by atoms with E-state index in [2.05, 4.69) is 5.32 Å². The number of hydrogen-bond donors (Lipinski definition) is 1. The number of alkyl halides is 2. The number of nitrogens with zero attached hydrogens (tertiary/aromatic N) is 1. The number of halogens is 3. The van der Waals surface area contributed by atoms with Crippen LogP contribution >= 0.6 is 0 Å². The Kier molecular flexibility index (Phi) is 7.62. The molecule has 0 spiro atoms. The van der Waals surface area contributed by atoms with Gasteiger partial charge in [-0.05, 0) is 39.0 Å². The monoisotopic (exact) mass is 288 g/mol. The lowest BCUT2D eigenvalue weighted by atomic mass is 10.0. The summed E-state index contributed by atoms with van der Waals surface area (Å²) in [6.45, 7) is 3.06. The topological polar surface area (TPSA) is 15.3 Å². The summed E-state index contributed by atoms with van der Waals surface area (Å²) in [6, 6.07) is 6.48. The van der Waals surface area contributed by atoms with Crippen LogP contribution in [0.15, 0.2) is 24.3 Å². The van der Waals surface area contributed by atoms with Gasteiger partial charge >= 0.3 is 0 Å². The molecular weight excluding hydrogens is 265 g/mol. The van der Waals surface area contributed by atoms with Gasteiger partial charge in [0.2, 0.25) is 0 Å². The highest BCUT2D eigenvalue weighted by Crippen LogP contribution is 2.20. The van der Waals surface area contributed by atoms with Crippen LogP contribution in [0.2, 0.25) is 0 Å². The SMILES string of the molecule is CCCNC(CCN(C)CC(F)F)c1ccccc1F. The van der Waals surface area contributed by atoms with E-state index in [1.165, 1.54) is 6.07 Å². The minimum Gasteiger partial charge on any atom is -0.310 e. The Bertz CT molecular complexity index is 385. The molecule has 0 bridgehead atoms. The highest BCUT2D eigenvalue weighted by molar-refractivity contribution is 5.21. The van der Waals surface area contributed by atoms with Gasteiger partial charge < -0.3 is 10.2 Å². The fourth-order valence-electron chi connectivity index (χ4n) is 2.12. The molecule has 0 radical (unpaired) electrons. The molecule has 0 aromatic heterocycles. The van der Waals surface area contributed by atoms with Gasteiger partial charge in [-0.2, -0.15) is 0 Å². The standard InChI is InChI=1S/C15H23F3N2/c1-3-9-19-14(8-10-20(2)11-15(17)18)12-6-4-5-7-13(12)16/h4-7,14-15,19H,3,8-11H2,1-2H3. The number of nitrogens with one attached hydrogen (secondary N) is 1. The average Bonchev–Trinajstić information content (AvgIpc) is 2.39. The molecule has 0 aliphatic heterocycles. The van der Waals surface area contributed by atoms with E-state index in [1.807, 2.05) is 6.92 Å². The zero-order chi connectivity index (χ0) is 15.0. The van der Waals surface area contributed by atoms with Crippen molar-refractivity contribution in [1.82, 2.24) is 10.2 Å². The molecular formula is C15H23F3N2. The third kappa shape index (κ3) is 5.92. The van der Waals surface area contributed by atoms with Crippen LogP contribution in [0, 0.1) is 5.82 Å². The Hall–Kier alpha value is -1.07. The first-order valence-corrected chi connectivity index (χ1v) is 6.99. The molecule has 0 saturated heterocycles. The summed E-state index contributed by atoms with van der Waals surface area (Å²) >= 11 is 0. The predicted octanol–water partition coefficient (Wildman–Crippen LogP) is 3.45. The van der Waals surface area contributed by atoms with Crippen molar-refractivity contribution in [1.29, 1.82) is 0 Å². The third-order valence-corrected chi connectivity index (χ3v) is 3.17. The molecule has 0 aliphatic rings. The maximum atomic E-state index is 13.8. The second kappa shape index (κ2) is 8.97. The van der Waals surface area contributed by atoms with Gasteiger partial charge in [-0.1, -0.05) is 25.1 Å². The van der Waals surface area contributed by atoms with Crippen LogP contribution in [0.4, 0.5) is 13.2 Å². The second-order valence-electron chi connectivity index (χ2n) is 4.97. The first-order chi connectivity index (χ1) is 9.54. The summed E-state index contributed by atoms with van der Waals surface area (Å²) in [5, 5.41) is 3.28. The molecule has 5 heteroatoms.